The lowest BCUT2D eigenvalue weighted by molar-refractivity contribution is -0.139. The topological polar surface area (TPSA) is 167 Å². The van der Waals surface area contributed by atoms with E-state index in [2.05, 4.69) is 10.2 Å². The normalized spacial score (nSPS) is 11.5. The summed E-state index contributed by atoms with van der Waals surface area (Å²) in [6, 6.07) is 13.4. The van der Waals surface area contributed by atoms with E-state index in [9.17, 15) is 29.4 Å². The minimum Gasteiger partial charge on any atom is -0.506 e. The van der Waals surface area contributed by atoms with Crippen LogP contribution in [0.3, 0.4) is 0 Å². The number of hydrazone groups is 2. The zero-order chi connectivity index (χ0) is 26.0. The Labute approximate surface area is 202 Å². The first-order valence-electron chi connectivity index (χ1n) is 10.5. The Hall–Kier alpha value is -5.26. The number of carbonyl (C=O) groups excluding carboxylic acids is 2. The highest BCUT2D eigenvalue weighted by Gasteiger charge is 2.16. The molecule has 0 aliphatic heterocycles. The number of para-hydroxylation sites is 2. The summed E-state index contributed by atoms with van der Waals surface area (Å²) in [5, 5.41) is 28.8. The van der Waals surface area contributed by atoms with Gasteiger partial charge in [-0.2, -0.15) is 10.2 Å². The molecule has 36 heavy (non-hydrogen) atoms. The van der Waals surface area contributed by atoms with E-state index in [0.717, 1.165) is 12.4 Å². The lowest BCUT2D eigenvalue weighted by Crippen LogP contribution is -2.35. The molecule has 2 aromatic heterocycles. The Kier molecular flexibility index (Phi) is 6.33. The number of amides is 2. The van der Waals surface area contributed by atoms with Crippen LogP contribution in [0.25, 0.3) is 21.8 Å². The van der Waals surface area contributed by atoms with Gasteiger partial charge in [0, 0.05) is 24.9 Å². The molecule has 182 valence electrons. The van der Waals surface area contributed by atoms with Gasteiger partial charge in [-0.1, -0.05) is 24.3 Å². The highest BCUT2D eigenvalue weighted by molar-refractivity contribution is 6.35. The Morgan fingerprint density at radius 2 is 1.08 bits per heavy atom. The van der Waals surface area contributed by atoms with Gasteiger partial charge in [-0.3, -0.25) is 19.2 Å². The number of nitrogens with one attached hydrogen (secondary N) is 2. The molecule has 0 spiro atoms. The number of aryl methyl sites for hydroxylation is 2. The molecule has 4 aromatic rings. The summed E-state index contributed by atoms with van der Waals surface area (Å²) in [7, 11) is 3.04. The van der Waals surface area contributed by atoms with Crippen LogP contribution in [0.4, 0.5) is 0 Å². The number of nitrogens with zero attached hydrogens (tertiary/aromatic N) is 4. The lowest BCUT2D eigenvalue weighted by atomic mass is 10.1. The molecular weight excluding hydrogens is 468 g/mol. The largest absolute Gasteiger partial charge is 0.506 e. The van der Waals surface area contributed by atoms with E-state index in [0.29, 0.717) is 21.8 Å². The molecule has 0 unspecified atom stereocenters. The SMILES string of the molecule is Cn1c(=O)c(/C=N\NC(=O)C(=O)N/N=C\c2c(O)c3ccccc3n(C)c2=O)c(O)c2ccccc21. The number of fused-ring (bicyclic) bond motifs is 2. The van der Waals surface area contributed by atoms with Crippen molar-refractivity contribution in [2.24, 2.45) is 24.3 Å². The van der Waals surface area contributed by atoms with Crippen LogP contribution in [0, 0.1) is 0 Å². The Balaban J connectivity index is 1.47. The molecule has 0 bridgehead atoms. The van der Waals surface area contributed by atoms with Crippen LogP contribution in [-0.2, 0) is 23.7 Å². The molecule has 0 atom stereocenters. The van der Waals surface area contributed by atoms with Gasteiger partial charge in [0.25, 0.3) is 11.1 Å². The second-order valence-corrected chi connectivity index (χ2v) is 7.69. The zero-order valence-electron chi connectivity index (χ0n) is 19.1. The van der Waals surface area contributed by atoms with Crippen LogP contribution in [0.2, 0.25) is 0 Å². The molecule has 0 fully saturated rings. The monoisotopic (exact) mass is 488 g/mol. The van der Waals surface area contributed by atoms with Gasteiger partial charge in [-0.05, 0) is 24.3 Å². The fourth-order valence-electron chi connectivity index (χ4n) is 3.65. The van der Waals surface area contributed by atoms with Gasteiger partial charge in [-0.25, -0.2) is 10.9 Å². The number of benzene rings is 2. The summed E-state index contributed by atoms with van der Waals surface area (Å²) in [4.78, 5) is 49.0. The lowest BCUT2D eigenvalue weighted by Gasteiger charge is -2.09. The third kappa shape index (κ3) is 4.18. The first-order chi connectivity index (χ1) is 17.2. The Bertz CT molecular complexity index is 1590. The number of carbonyl (C=O) groups is 2. The van der Waals surface area contributed by atoms with Crippen molar-refractivity contribution in [3.8, 4) is 11.5 Å². The van der Waals surface area contributed by atoms with Gasteiger partial charge in [0.2, 0.25) is 0 Å². The summed E-state index contributed by atoms with van der Waals surface area (Å²) >= 11 is 0. The van der Waals surface area contributed by atoms with Gasteiger partial charge in [0.05, 0.1) is 23.5 Å². The van der Waals surface area contributed by atoms with E-state index in [1.165, 1.54) is 23.2 Å². The second kappa shape index (κ2) is 9.54. The van der Waals surface area contributed by atoms with Crippen molar-refractivity contribution in [2.75, 3.05) is 0 Å². The molecule has 0 radical (unpaired) electrons. The predicted molar refractivity (Wildman–Crippen MR) is 133 cm³/mol. The van der Waals surface area contributed by atoms with Gasteiger partial charge in [-0.15, -0.1) is 0 Å². The van der Waals surface area contributed by atoms with E-state index in [-0.39, 0.29) is 22.6 Å². The van der Waals surface area contributed by atoms with E-state index in [1.54, 1.807) is 48.5 Å². The zero-order valence-corrected chi connectivity index (χ0v) is 19.1. The van der Waals surface area contributed by atoms with Crippen molar-refractivity contribution in [1.82, 2.24) is 20.0 Å². The van der Waals surface area contributed by atoms with Crippen molar-refractivity contribution >= 4 is 46.0 Å². The van der Waals surface area contributed by atoms with Crippen molar-refractivity contribution < 1.29 is 19.8 Å². The smallest absolute Gasteiger partial charge is 0.331 e. The summed E-state index contributed by atoms with van der Waals surface area (Å²) < 4.78 is 2.62. The molecule has 12 nitrogen and oxygen atoms in total. The van der Waals surface area contributed by atoms with E-state index in [1.807, 2.05) is 10.9 Å². The third-order valence-electron chi connectivity index (χ3n) is 5.55. The van der Waals surface area contributed by atoms with Gasteiger partial charge < -0.3 is 19.3 Å². The van der Waals surface area contributed by atoms with Crippen LogP contribution in [0.1, 0.15) is 11.1 Å². The van der Waals surface area contributed by atoms with Gasteiger partial charge >= 0.3 is 11.8 Å². The highest BCUT2D eigenvalue weighted by Crippen LogP contribution is 2.25. The molecule has 0 aliphatic carbocycles. The standard InChI is InChI=1S/C24H20N6O6/c1-29-17-9-5-3-7-13(17)19(31)15(23(29)35)11-25-27-21(33)22(34)28-26-12-16-20(32)14-8-4-6-10-18(14)30(2)24(16)36/h3-12,31-32H,1-2H3,(H,27,33)(H,28,34)/b25-11-,26-12-. The number of pyridine rings is 2. The number of hydrogen-bond donors (Lipinski definition) is 4. The van der Waals surface area contributed by atoms with E-state index in [4.69, 9.17) is 0 Å². The van der Waals surface area contributed by atoms with Crippen molar-refractivity contribution in [1.29, 1.82) is 0 Å². The summed E-state index contributed by atoms with van der Waals surface area (Å²) in [5.41, 5.74) is 3.38. The van der Waals surface area contributed by atoms with Crippen LogP contribution < -0.4 is 22.0 Å². The molecule has 0 saturated heterocycles. The summed E-state index contributed by atoms with van der Waals surface area (Å²) in [6.45, 7) is 0. The molecule has 4 rings (SSSR count). The van der Waals surface area contributed by atoms with Crippen LogP contribution in [-0.4, -0.2) is 43.6 Å². The van der Waals surface area contributed by atoms with Crippen LogP contribution in [0.5, 0.6) is 11.5 Å². The number of hydrogen-bond acceptors (Lipinski definition) is 8. The van der Waals surface area contributed by atoms with Crippen molar-refractivity contribution in [3.05, 3.63) is 80.4 Å². The highest BCUT2D eigenvalue weighted by atomic mass is 16.3. The maximum Gasteiger partial charge on any atom is 0.331 e. The third-order valence-corrected chi connectivity index (χ3v) is 5.55. The first-order valence-corrected chi connectivity index (χ1v) is 10.5. The molecule has 2 heterocycles. The predicted octanol–water partition coefficient (Wildman–Crippen LogP) is 0.402. The second-order valence-electron chi connectivity index (χ2n) is 7.69. The maximum atomic E-state index is 12.5. The van der Waals surface area contributed by atoms with E-state index < -0.39 is 22.9 Å². The first kappa shape index (κ1) is 23.9. The molecular formula is C24H20N6O6. The molecule has 2 aromatic carbocycles. The average molecular weight is 488 g/mol. The number of rotatable bonds is 4. The minimum atomic E-state index is -1.23. The average Bonchev–Trinajstić information content (AvgIpc) is 2.89. The van der Waals surface area contributed by atoms with Crippen molar-refractivity contribution in [2.45, 2.75) is 0 Å². The molecule has 12 heteroatoms. The molecule has 0 saturated carbocycles. The fraction of sp³-hybridized carbons (Fsp3) is 0.0833. The Morgan fingerprint density at radius 1 is 0.722 bits per heavy atom. The van der Waals surface area contributed by atoms with E-state index >= 15 is 0 Å². The minimum absolute atomic E-state index is 0.183. The van der Waals surface area contributed by atoms with Gasteiger partial charge in [0.1, 0.15) is 22.6 Å². The fourth-order valence-corrected chi connectivity index (χ4v) is 3.65. The molecule has 2 amide bonds. The maximum absolute atomic E-state index is 12.5. The molecule has 0 aliphatic rings. The van der Waals surface area contributed by atoms with Crippen LogP contribution in [0.15, 0.2) is 68.3 Å². The van der Waals surface area contributed by atoms with Crippen LogP contribution >= 0.6 is 0 Å². The van der Waals surface area contributed by atoms with Crippen molar-refractivity contribution in [3.63, 3.8) is 0 Å². The summed E-state index contributed by atoms with van der Waals surface area (Å²) in [6.07, 6.45) is 1.85. The number of aromatic hydroxyl groups is 2. The quantitative estimate of drug-likeness (QED) is 0.184. The summed E-state index contributed by atoms with van der Waals surface area (Å²) in [5.74, 6) is -3.10. The number of aromatic nitrogens is 2. The Morgan fingerprint density at radius 3 is 1.47 bits per heavy atom. The molecule has 4 N–H and O–H groups in total. The van der Waals surface area contributed by atoms with Gasteiger partial charge in [0.15, 0.2) is 0 Å².